The average Bonchev–Trinajstić information content (AvgIpc) is 2.97. The first-order valence-electron chi connectivity index (χ1n) is 6.50. The summed E-state index contributed by atoms with van der Waals surface area (Å²) in [4.78, 5) is 27.1. The summed E-state index contributed by atoms with van der Waals surface area (Å²) in [6, 6.07) is 5.16. The van der Waals surface area contributed by atoms with E-state index in [1.54, 1.807) is 30.5 Å². The summed E-state index contributed by atoms with van der Waals surface area (Å²) in [6.45, 7) is 1.31. The number of aromatic nitrogens is 1. The van der Waals surface area contributed by atoms with Crippen molar-refractivity contribution < 1.29 is 14.3 Å². The molecule has 0 atom stereocenters. The molecule has 1 aromatic heterocycles. The number of hydrogen-bond donors (Lipinski definition) is 1. The summed E-state index contributed by atoms with van der Waals surface area (Å²) in [5.41, 5.74) is 1.45. The zero-order chi connectivity index (χ0) is 16.8. The van der Waals surface area contributed by atoms with E-state index in [4.69, 9.17) is 27.9 Å². The van der Waals surface area contributed by atoms with Crippen molar-refractivity contribution in [3.63, 3.8) is 0 Å². The smallest absolute Gasteiger partial charge is 0.330 e. The second kappa shape index (κ2) is 8.10. The molecule has 1 N–H and O–H groups in total. The van der Waals surface area contributed by atoms with E-state index in [1.165, 1.54) is 23.5 Å². The number of esters is 1. The quantitative estimate of drug-likeness (QED) is 0.633. The summed E-state index contributed by atoms with van der Waals surface area (Å²) in [7, 11) is 0. The second-order valence-corrected chi connectivity index (χ2v) is 6.00. The maximum atomic E-state index is 11.7. The number of halogens is 2. The normalized spacial score (nSPS) is 10.7. The molecule has 0 aliphatic heterocycles. The fraction of sp³-hybridized carbons (Fsp3) is 0.133. The Morgan fingerprint density at radius 2 is 2.13 bits per heavy atom. The zero-order valence-corrected chi connectivity index (χ0v) is 14.3. The molecule has 0 radical (unpaired) electrons. The third kappa shape index (κ3) is 5.06. The van der Waals surface area contributed by atoms with Crippen LogP contribution < -0.4 is 5.32 Å². The first-order valence-corrected chi connectivity index (χ1v) is 8.13. The first-order chi connectivity index (χ1) is 11.0. The summed E-state index contributed by atoms with van der Waals surface area (Å²) in [6.07, 6.45) is 2.77. The van der Waals surface area contributed by atoms with Crippen molar-refractivity contribution in [3.05, 3.63) is 45.8 Å². The van der Waals surface area contributed by atoms with E-state index in [0.29, 0.717) is 20.9 Å². The standard InChI is InChI=1S/C15H12Cl2N2O3S/c1-2-3-14(21)22-7-13(20)19-15-18-12(8-23-15)9-4-5-10(16)11(17)6-9/h2-6,8H,7H2,1H3,(H,18,19,20)/b3-2+. The fourth-order valence-electron chi connectivity index (χ4n) is 1.60. The number of ether oxygens (including phenoxy) is 1. The number of allylic oxidation sites excluding steroid dienone is 1. The highest BCUT2D eigenvalue weighted by molar-refractivity contribution is 7.14. The molecule has 23 heavy (non-hydrogen) atoms. The molecule has 0 fully saturated rings. The molecule has 2 rings (SSSR count). The van der Waals surface area contributed by atoms with Crippen molar-refractivity contribution >= 4 is 51.5 Å². The minimum Gasteiger partial charge on any atom is -0.452 e. The molecule has 0 aliphatic rings. The molecule has 5 nitrogen and oxygen atoms in total. The van der Waals surface area contributed by atoms with Crippen molar-refractivity contribution in [3.8, 4) is 11.3 Å². The third-order valence-electron chi connectivity index (χ3n) is 2.61. The van der Waals surface area contributed by atoms with Crippen LogP contribution in [0.3, 0.4) is 0 Å². The molecule has 2 aromatic rings. The van der Waals surface area contributed by atoms with E-state index >= 15 is 0 Å². The van der Waals surface area contributed by atoms with E-state index in [2.05, 4.69) is 10.3 Å². The van der Waals surface area contributed by atoms with Crippen LogP contribution in [0.4, 0.5) is 5.13 Å². The molecule has 0 bridgehead atoms. The Morgan fingerprint density at radius 1 is 1.35 bits per heavy atom. The Hall–Kier alpha value is -1.89. The number of thiazole rings is 1. The van der Waals surface area contributed by atoms with Crippen molar-refractivity contribution in [1.29, 1.82) is 0 Å². The Bertz CT molecular complexity index is 759. The van der Waals surface area contributed by atoms with Gasteiger partial charge in [-0.05, 0) is 19.1 Å². The fourth-order valence-corrected chi connectivity index (χ4v) is 2.63. The molecule has 1 aromatic carbocycles. The Balaban J connectivity index is 1.98. The molecule has 0 saturated carbocycles. The van der Waals surface area contributed by atoms with Crippen LogP contribution in [-0.4, -0.2) is 23.5 Å². The van der Waals surface area contributed by atoms with Crippen LogP contribution in [0.25, 0.3) is 11.3 Å². The number of carbonyl (C=O) groups excluding carboxylic acids is 2. The largest absolute Gasteiger partial charge is 0.452 e. The van der Waals surface area contributed by atoms with E-state index in [0.717, 1.165) is 5.56 Å². The number of carbonyl (C=O) groups is 2. The summed E-state index contributed by atoms with van der Waals surface area (Å²) < 4.78 is 4.74. The lowest BCUT2D eigenvalue weighted by Crippen LogP contribution is -2.20. The van der Waals surface area contributed by atoms with Crippen LogP contribution in [0.2, 0.25) is 10.0 Å². The molecule has 1 amide bonds. The molecule has 120 valence electrons. The van der Waals surface area contributed by atoms with Gasteiger partial charge in [-0.3, -0.25) is 10.1 Å². The summed E-state index contributed by atoms with van der Waals surface area (Å²) in [5.74, 6) is -1.03. The lowest BCUT2D eigenvalue weighted by Gasteiger charge is -2.02. The van der Waals surface area contributed by atoms with Crippen molar-refractivity contribution in [2.75, 3.05) is 11.9 Å². The number of hydrogen-bond acceptors (Lipinski definition) is 5. The van der Waals surface area contributed by atoms with Gasteiger partial charge in [0.05, 0.1) is 15.7 Å². The van der Waals surface area contributed by atoms with E-state index in [-0.39, 0.29) is 6.61 Å². The maximum Gasteiger partial charge on any atom is 0.330 e. The minimum absolute atomic E-state index is 0.370. The first kappa shape index (κ1) is 17.5. The van der Waals surface area contributed by atoms with Crippen LogP contribution in [0, 0.1) is 0 Å². The van der Waals surface area contributed by atoms with Crippen molar-refractivity contribution in [2.24, 2.45) is 0 Å². The van der Waals surface area contributed by atoms with Gasteiger partial charge in [0.2, 0.25) is 0 Å². The van der Waals surface area contributed by atoms with E-state index in [1.807, 2.05) is 0 Å². The van der Waals surface area contributed by atoms with Gasteiger partial charge in [-0.1, -0.05) is 35.3 Å². The van der Waals surface area contributed by atoms with Crippen molar-refractivity contribution in [2.45, 2.75) is 6.92 Å². The SMILES string of the molecule is C/C=C/C(=O)OCC(=O)Nc1nc(-c2ccc(Cl)c(Cl)c2)cs1. The number of nitrogens with zero attached hydrogens (tertiary/aromatic N) is 1. The second-order valence-electron chi connectivity index (χ2n) is 4.32. The number of anilines is 1. The van der Waals surface area contributed by atoms with Crippen LogP contribution >= 0.6 is 34.5 Å². The highest BCUT2D eigenvalue weighted by Crippen LogP contribution is 2.30. The van der Waals surface area contributed by atoms with E-state index < -0.39 is 11.9 Å². The van der Waals surface area contributed by atoms with E-state index in [9.17, 15) is 9.59 Å². The van der Waals surface area contributed by atoms with Crippen LogP contribution in [0.15, 0.2) is 35.7 Å². The predicted octanol–water partition coefficient (Wildman–Crippen LogP) is 4.17. The Morgan fingerprint density at radius 3 is 2.83 bits per heavy atom. The van der Waals surface area contributed by atoms with Gasteiger partial charge in [0.1, 0.15) is 0 Å². The monoisotopic (exact) mass is 370 g/mol. The van der Waals surface area contributed by atoms with Gasteiger partial charge < -0.3 is 4.74 Å². The third-order valence-corrected chi connectivity index (χ3v) is 4.11. The van der Waals surface area contributed by atoms with Gasteiger partial charge in [-0.15, -0.1) is 11.3 Å². The highest BCUT2D eigenvalue weighted by Gasteiger charge is 2.10. The molecule has 0 spiro atoms. The molecule has 0 aliphatic carbocycles. The van der Waals surface area contributed by atoms with Gasteiger partial charge in [0, 0.05) is 17.0 Å². The van der Waals surface area contributed by atoms with Gasteiger partial charge in [-0.2, -0.15) is 0 Å². The number of benzene rings is 1. The van der Waals surface area contributed by atoms with Crippen molar-refractivity contribution in [1.82, 2.24) is 4.98 Å². The average molecular weight is 371 g/mol. The minimum atomic E-state index is -0.571. The summed E-state index contributed by atoms with van der Waals surface area (Å²) >= 11 is 13.1. The zero-order valence-electron chi connectivity index (χ0n) is 12.0. The van der Waals surface area contributed by atoms with Crippen LogP contribution in [-0.2, 0) is 14.3 Å². The number of amides is 1. The predicted molar refractivity (Wildman–Crippen MR) is 92.0 cm³/mol. The Kier molecular flexibility index (Phi) is 6.15. The topological polar surface area (TPSA) is 68.3 Å². The molecule has 0 unspecified atom stereocenters. The van der Waals surface area contributed by atoms with Gasteiger partial charge in [0.15, 0.2) is 11.7 Å². The maximum absolute atomic E-state index is 11.7. The molecule has 0 saturated heterocycles. The number of rotatable bonds is 5. The Labute approximate surface area is 146 Å². The highest BCUT2D eigenvalue weighted by atomic mass is 35.5. The van der Waals surface area contributed by atoms with Gasteiger partial charge >= 0.3 is 5.97 Å². The van der Waals surface area contributed by atoms with Crippen LogP contribution in [0.5, 0.6) is 0 Å². The molecular weight excluding hydrogens is 359 g/mol. The van der Waals surface area contributed by atoms with Gasteiger partial charge in [0.25, 0.3) is 5.91 Å². The molecule has 1 heterocycles. The molecule has 8 heteroatoms. The number of nitrogens with one attached hydrogen (secondary N) is 1. The lowest BCUT2D eigenvalue weighted by atomic mass is 10.2. The van der Waals surface area contributed by atoms with Crippen LogP contribution in [0.1, 0.15) is 6.92 Å². The van der Waals surface area contributed by atoms with Gasteiger partial charge in [-0.25, -0.2) is 9.78 Å². The lowest BCUT2D eigenvalue weighted by molar-refractivity contribution is -0.142. The summed E-state index contributed by atoms with van der Waals surface area (Å²) in [5, 5.41) is 5.63. The molecular formula is C15H12Cl2N2O3S.